The normalized spacial score (nSPS) is 10.2. The predicted octanol–water partition coefficient (Wildman–Crippen LogP) is 2.42. The van der Waals surface area contributed by atoms with E-state index in [-0.39, 0.29) is 5.88 Å². The molecule has 0 bridgehead atoms. The molecule has 1 aromatic carbocycles. The number of halogens is 1. The van der Waals surface area contributed by atoms with Gasteiger partial charge in [-0.25, -0.2) is 9.37 Å². The summed E-state index contributed by atoms with van der Waals surface area (Å²) in [6.07, 6.45) is 2.12. The van der Waals surface area contributed by atoms with E-state index in [1.807, 2.05) is 24.3 Å². The molecule has 1 aromatic heterocycles. The molecule has 88 valence electrons. The van der Waals surface area contributed by atoms with Crippen molar-refractivity contribution in [2.45, 2.75) is 6.42 Å². The van der Waals surface area contributed by atoms with E-state index in [1.165, 1.54) is 18.3 Å². The summed E-state index contributed by atoms with van der Waals surface area (Å²) in [5, 5.41) is 0. The summed E-state index contributed by atoms with van der Waals surface area (Å²) in [7, 11) is 0. The number of anilines is 1. The van der Waals surface area contributed by atoms with Crippen LogP contribution in [0.1, 0.15) is 5.56 Å². The molecule has 0 aliphatic carbocycles. The predicted molar refractivity (Wildman–Crippen MR) is 64.2 cm³/mol. The second kappa shape index (κ2) is 5.30. The summed E-state index contributed by atoms with van der Waals surface area (Å²) in [6.45, 7) is 0.349. The van der Waals surface area contributed by atoms with Crippen LogP contribution in [0.4, 0.5) is 10.1 Å². The van der Waals surface area contributed by atoms with Crippen molar-refractivity contribution in [2.24, 2.45) is 0 Å². The zero-order valence-corrected chi connectivity index (χ0v) is 9.27. The maximum Gasteiger partial charge on any atom is 0.250 e. The van der Waals surface area contributed by atoms with Crippen molar-refractivity contribution >= 4 is 5.69 Å². The van der Waals surface area contributed by atoms with Crippen LogP contribution in [0.25, 0.3) is 0 Å². The summed E-state index contributed by atoms with van der Waals surface area (Å²) in [4.78, 5) is 3.80. The van der Waals surface area contributed by atoms with E-state index in [9.17, 15) is 4.39 Å². The third-order valence-electron chi connectivity index (χ3n) is 2.39. The number of aromatic nitrogens is 1. The quantitative estimate of drug-likeness (QED) is 0.823. The molecule has 3 nitrogen and oxygen atoms in total. The molecular weight excluding hydrogens is 219 g/mol. The molecule has 0 atom stereocenters. The highest BCUT2D eigenvalue weighted by Gasteiger charge is 2.04. The summed E-state index contributed by atoms with van der Waals surface area (Å²) in [5.41, 5.74) is 7.49. The molecule has 0 spiro atoms. The standard InChI is InChI=1S/C13H13FN2O/c14-11-5-3-8-16-13(11)17-9-7-10-4-1-2-6-12(10)15/h1-6,8H,7,9,15H2. The number of para-hydroxylation sites is 1. The number of ether oxygens (including phenoxy) is 1. The molecule has 4 heteroatoms. The lowest BCUT2D eigenvalue weighted by Crippen LogP contribution is -2.05. The first-order chi connectivity index (χ1) is 8.27. The van der Waals surface area contributed by atoms with Gasteiger partial charge in [-0.2, -0.15) is 0 Å². The van der Waals surface area contributed by atoms with Crippen molar-refractivity contribution in [1.82, 2.24) is 4.98 Å². The van der Waals surface area contributed by atoms with E-state index >= 15 is 0 Å². The lowest BCUT2D eigenvalue weighted by Gasteiger charge is -2.07. The molecule has 0 unspecified atom stereocenters. The minimum Gasteiger partial charge on any atom is -0.475 e. The molecular formula is C13H13FN2O. The van der Waals surface area contributed by atoms with E-state index in [1.54, 1.807) is 0 Å². The largest absolute Gasteiger partial charge is 0.475 e. The van der Waals surface area contributed by atoms with Crippen molar-refractivity contribution in [3.05, 3.63) is 54.0 Å². The molecule has 0 saturated heterocycles. The van der Waals surface area contributed by atoms with E-state index in [0.717, 1.165) is 11.3 Å². The number of hydrogen-bond acceptors (Lipinski definition) is 3. The van der Waals surface area contributed by atoms with Crippen LogP contribution < -0.4 is 10.5 Å². The van der Waals surface area contributed by atoms with Crippen LogP contribution in [0, 0.1) is 5.82 Å². The summed E-state index contributed by atoms with van der Waals surface area (Å²) in [6, 6.07) is 10.4. The van der Waals surface area contributed by atoms with E-state index in [0.29, 0.717) is 13.0 Å². The Morgan fingerprint density at radius 3 is 2.76 bits per heavy atom. The summed E-state index contributed by atoms with van der Waals surface area (Å²) in [5.74, 6) is -0.421. The van der Waals surface area contributed by atoms with Gasteiger partial charge in [-0.05, 0) is 23.8 Å². The minimum atomic E-state index is -0.450. The summed E-state index contributed by atoms with van der Waals surface area (Å²) < 4.78 is 18.4. The van der Waals surface area contributed by atoms with Crippen LogP contribution >= 0.6 is 0 Å². The fraction of sp³-hybridized carbons (Fsp3) is 0.154. The molecule has 0 radical (unpaired) electrons. The van der Waals surface area contributed by atoms with Gasteiger partial charge in [0.05, 0.1) is 6.61 Å². The Morgan fingerprint density at radius 2 is 2.00 bits per heavy atom. The highest BCUT2D eigenvalue weighted by Crippen LogP contribution is 2.14. The van der Waals surface area contributed by atoms with Gasteiger partial charge in [-0.1, -0.05) is 18.2 Å². The van der Waals surface area contributed by atoms with Crippen molar-refractivity contribution in [3.63, 3.8) is 0 Å². The lowest BCUT2D eigenvalue weighted by atomic mass is 10.1. The minimum absolute atomic E-state index is 0.0296. The van der Waals surface area contributed by atoms with Crippen molar-refractivity contribution in [1.29, 1.82) is 0 Å². The second-order valence-electron chi connectivity index (χ2n) is 3.59. The van der Waals surface area contributed by atoms with Gasteiger partial charge in [0.15, 0.2) is 5.82 Å². The average molecular weight is 232 g/mol. The molecule has 0 aliphatic heterocycles. The monoisotopic (exact) mass is 232 g/mol. The highest BCUT2D eigenvalue weighted by atomic mass is 19.1. The van der Waals surface area contributed by atoms with Crippen LogP contribution in [0.3, 0.4) is 0 Å². The average Bonchev–Trinajstić information content (AvgIpc) is 2.34. The van der Waals surface area contributed by atoms with E-state index in [4.69, 9.17) is 10.5 Å². The van der Waals surface area contributed by atoms with Gasteiger partial charge >= 0.3 is 0 Å². The fourth-order valence-electron chi connectivity index (χ4n) is 1.50. The van der Waals surface area contributed by atoms with E-state index in [2.05, 4.69) is 4.98 Å². The summed E-state index contributed by atoms with van der Waals surface area (Å²) >= 11 is 0. The van der Waals surface area contributed by atoms with Crippen LogP contribution in [-0.2, 0) is 6.42 Å². The Balaban J connectivity index is 1.93. The first-order valence-corrected chi connectivity index (χ1v) is 5.34. The third-order valence-corrected chi connectivity index (χ3v) is 2.39. The maximum absolute atomic E-state index is 13.2. The molecule has 0 aliphatic rings. The van der Waals surface area contributed by atoms with Crippen LogP contribution in [-0.4, -0.2) is 11.6 Å². The van der Waals surface area contributed by atoms with Crippen molar-refractivity contribution in [3.8, 4) is 5.88 Å². The first kappa shape index (κ1) is 11.4. The zero-order valence-electron chi connectivity index (χ0n) is 9.27. The first-order valence-electron chi connectivity index (χ1n) is 5.34. The van der Waals surface area contributed by atoms with Gasteiger partial charge in [0.25, 0.3) is 0 Å². The number of nitrogens with two attached hydrogens (primary N) is 1. The topological polar surface area (TPSA) is 48.1 Å². The van der Waals surface area contributed by atoms with Crippen molar-refractivity contribution < 1.29 is 9.13 Å². The molecule has 0 saturated carbocycles. The number of pyridine rings is 1. The smallest absolute Gasteiger partial charge is 0.250 e. The van der Waals surface area contributed by atoms with Crippen LogP contribution in [0.2, 0.25) is 0 Å². The SMILES string of the molecule is Nc1ccccc1CCOc1ncccc1F. The lowest BCUT2D eigenvalue weighted by molar-refractivity contribution is 0.292. The fourth-order valence-corrected chi connectivity index (χ4v) is 1.50. The number of nitrogen functional groups attached to an aromatic ring is 1. The van der Waals surface area contributed by atoms with Crippen LogP contribution in [0.15, 0.2) is 42.6 Å². The third kappa shape index (κ3) is 2.93. The number of nitrogens with zero attached hydrogens (tertiary/aromatic N) is 1. The Bertz CT molecular complexity index is 457. The zero-order chi connectivity index (χ0) is 12.1. The molecule has 2 N–H and O–H groups in total. The van der Waals surface area contributed by atoms with Crippen molar-refractivity contribution in [2.75, 3.05) is 12.3 Å². The van der Waals surface area contributed by atoms with Crippen LogP contribution in [0.5, 0.6) is 5.88 Å². The molecule has 2 aromatic rings. The Kier molecular flexibility index (Phi) is 3.55. The van der Waals surface area contributed by atoms with Gasteiger partial charge in [-0.3, -0.25) is 0 Å². The molecule has 0 fully saturated rings. The van der Waals surface area contributed by atoms with Gasteiger partial charge in [0.1, 0.15) is 0 Å². The van der Waals surface area contributed by atoms with Gasteiger partial charge in [0.2, 0.25) is 5.88 Å². The van der Waals surface area contributed by atoms with Gasteiger partial charge in [-0.15, -0.1) is 0 Å². The number of hydrogen-bond donors (Lipinski definition) is 1. The Morgan fingerprint density at radius 1 is 1.18 bits per heavy atom. The van der Waals surface area contributed by atoms with Gasteiger partial charge < -0.3 is 10.5 Å². The number of rotatable bonds is 4. The molecule has 0 amide bonds. The Hall–Kier alpha value is -2.10. The molecule has 2 rings (SSSR count). The Labute approximate surface area is 99.1 Å². The highest BCUT2D eigenvalue weighted by molar-refractivity contribution is 5.46. The van der Waals surface area contributed by atoms with Gasteiger partial charge in [0, 0.05) is 18.3 Å². The number of benzene rings is 1. The second-order valence-corrected chi connectivity index (χ2v) is 3.59. The molecule has 1 heterocycles. The molecule has 17 heavy (non-hydrogen) atoms. The van der Waals surface area contributed by atoms with E-state index < -0.39 is 5.82 Å². The maximum atomic E-state index is 13.2.